The quantitative estimate of drug-likeness (QED) is 0.743. The standard InChI is InChI=1S/C8H10ClNO.ClH/c1-5-6(4-10)8(11)3-2-7(5)9;/h2-3,11H,4,10H2,1H3;1H. The van der Waals surface area contributed by atoms with E-state index in [-0.39, 0.29) is 18.2 Å². The van der Waals surface area contributed by atoms with Crippen molar-refractivity contribution in [2.24, 2.45) is 5.73 Å². The zero-order valence-electron chi connectivity index (χ0n) is 6.67. The molecule has 0 radical (unpaired) electrons. The van der Waals surface area contributed by atoms with Crippen molar-refractivity contribution in [3.8, 4) is 5.75 Å². The Hall–Kier alpha value is -0.440. The fourth-order valence-electron chi connectivity index (χ4n) is 0.972. The Bertz CT molecular complexity index is 276. The van der Waals surface area contributed by atoms with Crippen molar-refractivity contribution in [3.05, 3.63) is 28.3 Å². The zero-order chi connectivity index (χ0) is 8.43. The molecule has 0 heterocycles. The number of benzene rings is 1. The van der Waals surface area contributed by atoms with Gasteiger partial charge in [0.2, 0.25) is 0 Å². The summed E-state index contributed by atoms with van der Waals surface area (Å²) in [5.41, 5.74) is 6.98. The Balaban J connectivity index is 0.00000121. The number of hydrogen-bond acceptors (Lipinski definition) is 2. The van der Waals surface area contributed by atoms with Gasteiger partial charge in [-0.2, -0.15) is 0 Å². The average Bonchev–Trinajstić information content (AvgIpc) is 1.99. The van der Waals surface area contributed by atoms with E-state index >= 15 is 0 Å². The van der Waals surface area contributed by atoms with Crippen molar-refractivity contribution in [2.75, 3.05) is 0 Å². The van der Waals surface area contributed by atoms with E-state index in [9.17, 15) is 5.11 Å². The van der Waals surface area contributed by atoms with Crippen LogP contribution in [0.5, 0.6) is 5.75 Å². The van der Waals surface area contributed by atoms with Crippen molar-refractivity contribution in [1.29, 1.82) is 0 Å². The van der Waals surface area contributed by atoms with E-state index in [0.29, 0.717) is 11.6 Å². The number of aromatic hydroxyl groups is 1. The van der Waals surface area contributed by atoms with Crippen molar-refractivity contribution in [1.82, 2.24) is 0 Å². The number of hydrogen-bond donors (Lipinski definition) is 2. The molecule has 3 N–H and O–H groups in total. The van der Waals surface area contributed by atoms with Crippen LogP contribution in [0.3, 0.4) is 0 Å². The minimum Gasteiger partial charge on any atom is -0.508 e. The molecule has 2 nitrogen and oxygen atoms in total. The molecule has 0 unspecified atom stereocenters. The molecule has 0 spiro atoms. The molecule has 0 saturated heterocycles. The lowest BCUT2D eigenvalue weighted by Crippen LogP contribution is -1.99. The normalized spacial score (nSPS) is 9.25. The number of rotatable bonds is 1. The van der Waals surface area contributed by atoms with E-state index < -0.39 is 0 Å². The van der Waals surface area contributed by atoms with Gasteiger partial charge in [0.15, 0.2) is 0 Å². The molecule has 0 aromatic heterocycles. The summed E-state index contributed by atoms with van der Waals surface area (Å²) in [6.07, 6.45) is 0. The second-order valence-electron chi connectivity index (χ2n) is 2.37. The van der Waals surface area contributed by atoms with Crippen LogP contribution in [-0.2, 0) is 6.54 Å². The van der Waals surface area contributed by atoms with Crippen molar-refractivity contribution in [2.45, 2.75) is 13.5 Å². The average molecular weight is 208 g/mol. The third-order valence-electron chi connectivity index (χ3n) is 1.71. The predicted molar refractivity (Wildman–Crippen MR) is 53.0 cm³/mol. The monoisotopic (exact) mass is 207 g/mol. The lowest BCUT2D eigenvalue weighted by Gasteiger charge is -2.06. The van der Waals surface area contributed by atoms with Gasteiger partial charge in [-0.25, -0.2) is 0 Å². The SMILES string of the molecule is Cc1c(Cl)ccc(O)c1CN.Cl. The molecule has 12 heavy (non-hydrogen) atoms. The third-order valence-corrected chi connectivity index (χ3v) is 2.12. The Labute approximate surface area is 82.8 Å². The van der Waals surface area contributed by atoms with Crippen molar-refractivity contribution < 1.29 is 5.11 Å². The summed E-state index contributed by atoms with van der Waals surface area (Å²) in [6.45, 7) is 2.16. The molecule has 0 aliphatic carbocycles. The Morgan fingerprint density at radius 3 is 2.50 bits per heavy atom. The van der Waals surface area contributed by atoms with Crippen LogP contribution >= 0.6 is 24.0 Å². The summed E-state index contributed by atoms with van der Waals surface area (Å²) in [6, 6.07) is 3.21. The van der Waals surface area contributed by atoms with Crippen LogP contribution in [0.4, 0.5) is 0 Å². The number of halogens is 2. The molecule has 1 rings (SSSR count). The summed E-state index contributed by atoms with van der Waals surface area (Å²) in [4.78, 5) is 0. The fourth-order valence-corrected chi connectivity index (χ4v) is 1.15. The molecule has 0 amide bonds. The molecule has 4 heteroatoms. The first-order valence-corrected chi connectivity index (χ1v) is 3.71. The largest absolute Gasteiger partial charge is 0.508 e. The molecule has 1 aromatic rings. The summed E-state index contributed by atoms with van der Waals surface area (Å²) in [5.74, 6) is 0.217. The summed E-state index contributed by atoms with van der Waals surface area (Å²) < 4.78 is 0. The Morgan fingerprint density at radius 1 is 1.50 bits per heavy atom. The van der Waals surface area contributed by atoms with Gasteiger partial charge in [0.25, 0.3) is 0 Å². The molecule has 1 aromatic carbocycles. The first kappa shape index (κ1) is 11.6. The highest BCUT2D eigenvalue weighted by molar-refractivity contribution is 6.31. The Morgan fingerprint density at radius 2 is 2.08 bits per heavy atom. The highest BCUT2D eigenvalue weighted by Crippen LogP contribution is 2.26. The van der Waals surface area contributed by atoms with Crippen LogP contribution in [0.15, 0.2) is 12.1 Å². The fraction of sp³-hybridized carbons (Fsp3) is 0.250. The van der Waals surface area contributed by atoms with Crippen LogP contribution in [-0.4, -0.2) is 5.11 Å². The lowest BCUT2D eigenvalue weighted by molar-refractivity contribution is 0.468. The van der Waals surface area contributed by atoms with Gasteiger partial charge in [-0.1, -0.05) is 11.6 Å². The minimum absolute atomic E-state index is 0. The van der Waals surface area contributed by atoms with Gasteiger partial charge in [-0.05, 0) is 24.6 Å². The summed E-state index contributed by atoms with van der Waals surface area (Å²) >= 11 is 5.80. The van der Waals surface area contributed by atoms with Crippen LogP contribution in [0.2, 0.25) is 5.02 Å². The maximum absolute atomic E-state index is 9.28. The zero-order valence-corrected chi connectivity index (χ0v) is 8.25. The van der Waals surface area contributed by atoms with Gasteiger partial charge < -0.3 is 10.8 Å². The second kappa shape index (κ2) is 4.55. The Kier molecular flexibility index (Phi) is 4.39. The van der Waals surface area contributed by atoms with Crippen LogP contribution in [0.25, 0.3) is 0 Å². The van der Waals surface area contributed by atoms with Gasteiger partial charge >= 0.3 is 0 Å². The van der Waals surface area contributed by atoms with E-state index in [1.165, 1.54) is 0 Å². The second-order valence-corrected chi connectivity index (χ2v) is 2.78. The maximum Gasteiger partial charge on any atom is 0.120 e. The minimum atomic E-state index is 0. The first-order valence-electron chi connectivity index (χ1n) is 3.34. The molecule has 68 valence electrons. The van der Waals surface area contributed by atoms with Gasteiger partial charge in [-0.3, -0.25) is 0 Å². The van der Waals surface area contributed by atoms with Crippen LogP contribution in [0, 0.1) is 6.92 Å². The van der Waals surface area contributed by atoms with E-state index in [4.69, 9.17) is 17.3 Å². The molecular formula is C8H11Cl2NO. The van der Waals surface area contributed by atoms with Crippen molar-refractivity contribution >= 4 is 24.0 Å². The first-order chi connectivity index (χ1) is 5.16. The number of nitrogens with two attached hydrogens (primary N) is 1. The van der Waals surface area contributed by atoms with Crippen LogP contribution in [0.1, 0.15) is 11.1 Å². The van der Waals surface area contributed by atoms with Gasteiger partial charge in [0, 0.05) is 17.1 Å². The molecule has 0 atom stereocenters. The van der Waals surface area contributed by atoms with E-state index in [0.717, 1.165) is 11.1 Å². The highest BCUT2D eigenvalue weighted by atomic mass is 35.5. The van der Waals surface area contributed by atoms with Crippen LogP contribution < -0.4 is 5.73 Å². The highest BCUT2D eigenvalue weighted by Gasteiger charge is 2.05. The molecule has 0 fully saturated rings. The predicted octanol–water partition coefficient (Wildman–Crippen LogP) is 2.23. The topological polar surface area (TPSA) is 46.2 Å². The molecule has 0 saturated carbocycles. The van der Waals surface area contributed by atoms with Gasteiger partial charge in [0.05, 0.1) is 0 Å². The lowest BCUT2D eigenvalue weighted by atomic mass is 10.1. The van der Waals surface area contributed by atoms with E-state index in [2.05, 4.69) is 0 Å². The smallest absolute Gasteiger partial charge is 0.120 e. The van der Waals surface area contributed by atoms with E-state index in [1.54, 1.807) is 12.1 Å². The molecule has 0 bridgehead atoms. The maximum atomic E-state index is 9.28. The van der Waals surface area contributed by atoms with Gasteiger partial charge in [-0.15, -0.1) is 12.4 Å². The number of phenolic OH excluding ortho intramolecular Hbond substituents is 1. The van der Waals surface area contributed by atoms with E-state index in [1.807, 2.05) is 6.92 Å². The number of phenols is 1. The molecular weight excluding hydrogens is 197 g/mol. The summed E-state index contributed by atoms with van der Waals surface area (Å²) in [7, 11) is 0. The summed E-state index contributed by atoms with van der Waals surface area (Å²) in [5, 5.41) is 9.92. The third kappa shape index (κ3) is 2.03. The van der Waals surface area contributed by atoms with Crippen molar-refractivity contribution in [3.63, 3.8) is 0 Å². The molecule has 0 aliphatic heterocycles. The van der Waals surface area contributed by atoms with Gasteiger partial charge in [0.1, 0.15) is 5.75 Å². The molecule has 0 aliphatic rings.